The van der Waals surface area contributed by atoms with Crippen molar-refractivity contribution in [2.75, 3.05) is 34.5 Å². The fourth-order valence-electron chi connectivity index (χ4n) is 11.7. The standard InChI is InChI=1S/C40H66N2P4/c1-29-11-12-30(2)43(29,9)41(44(10)31(3)13-14-32(44)4)39-23-19-37(20-24-39)38-21-25-40(26-22-38)42-45(33(5)15-16-34(45)6)27-28-46(42)35(7)17-18-36(46)8/h19-26,29-36H,11-18,27-28H2,1-10H3/q+4/t29-,30-,31-,32-,33-,34-,35-,36-/m0/s1. The van der Waals surface area contributed by atoms with Crippen molar-refractivity contribution in [3.8, 4) is 11.1 Å². The normalized spacial score (nSPS) is 37.1. The molecular formula is C40H66N2P4+4. The van der Waals surface area contributed by atoms with E-state index in [1.165, 1.54) is 80.5 Å². The highest BCUT2D eigenvalue weighted by molar-refractivity contribution is 7.98. The molecule has 0 bridgehead atoms. The van der Waals surface area contributed by atoms with Crippen molar-refractivity contribution in [3.63, 3.8) is 0 Å². The van der Waals surface area contributed by atoms with Crippen LogP contribution < -0.4 is 8.88 Å². The third kappa shape index (κ3) is 4.68. The molecule has 8 atom stereocenters. The van der Waals surface area contributed by atoms with Crippen LogP contribution in [0.1, 0.15) is 107 Å². The van der Waals surface area contributed by atoms with Gasteiger partial charge >= 0.3 is 0 Å². The van der Waals surface area contributed by atoms with E-state index in [-0.39, 0.29) is 0 Å². The molecule has 2 nitrogen and oxygen atoms in total. The van der Waals surface area contributed by atoms with E-state index in [0.717, 1.165) is 45.3 Å². The van der Waals surface area contributed by atoms with Gasteiger partial charge in [-0.2, -0.15) is 0 Å². The summed E-state index contributed by atoms with van der Waals surface area (Å²) in [7, 11) is -4.94. The van der Waals surface area contributed by atoms with E-state index in [4.69, 9.17) is 0 Å². The zero-order chi connectivity index (χ0) is 32.8. The predicted octanol–water partition coefficient (Wildman–Crippen LogP) is 13.3. The summed E-state index contributed by atoms with van der Waals surface area (Å²) in [5.74, 6) is 0. The second-order valence-electron chi connectivity index (χ2n) is 17.2. The summed E-state index contributed by atoms with van der Waals surface area (Å²) in [6, 6.07) is 20.2. The Balaban J connectivity index is 1.24. The minimum atomic E-state index is -1.29. The molecule has 0 radical (unpaired) electrons. The molecule has 0 aromatic heterocycles. The highest BCUT2D eigenvalue weighted by atomic mass is 31.3. The first-order chi connectivity index (χ1) is 21.8. The van der Waals surface area contributed by atoms with Crippen molar-refractivity contribution in [3.05, 3.63) is 48.5 Å². The Morgan fingerprint density at radius 2 is 0.761 bits per heavy atom. The molecule has 5 heterocycles. The lowest BCUT2D eigenvalue weighted by molar-refractivity contribution is 0.777. The second kappa shape index (κ2) is 12.2. The number of nitrogens with zero attached hydrogens (tertiary/aromatic N) is 2. The Hall–Kier alpha value is -0.240. The van der Waals surface area contributed by atoms with Crippen LogP contribution in [0, 0.1) is 0 Å². The molecule has 0 N–H and O–H groups in total. The average molecular weight is 699 g/mol. The average Bonchev–Trinajstić information content (AvgIpc) is 3.80. The highest BCUT2D eigenvalue weighted by Gasteiger charge is 2.77. The fourth-order valence-corrected chi connectivity index (χ4v) is 40.9. The van der Waals surface area contributed by atoms with Crippen molar-refractivity contribution in [2.24, 2.45) is 0 Å². The first-order valence-corrected chi connectivity index (χ1v) is 27.9. The minimum absolute atomic E-state index is 0.838. The van der Waals surface area contributed by atoms with Crippen LogP contribution in [0.15, 0.2) is 48.5 Å². The van der Waals surface area contributed by atoms with Gasteiger partial charge in [-0.15, -0.1) is 8.88 Å². The van der Waals surface area contributed by atoms with Crippen LogP contribution in [-0.4, -0.2) is 70.9 Å². The number of rotatable bonds is 5. The van der Waals surface area contributed by atoms with Crippen molar-refractivity contribution in [1.29, 1.82) is 0 Å². The first-order valence-electron chi connectivity index (χ1n) is 19.1. The van der Waals surface area contributed by atoms with Gasteiger partial charge < -0.3 is 0 Å². The van der Waals surface area contributed by atoms with Crippen molar-refractivity contribution in [2.45, 2.75) is 152 Å². The van der Waals surface area contributed by atoms with Crippen LogP contribution in [0.5, 0.6) is 0 Å². The summed E-state index contributed by atoms with van der Waals surface area (Å²) >= 11 is 0. The molecule has 2 aromatic carbocycles. The third-order valence-electron chi connectivity index (χ3n) is 15.5. The van der Waals surface area contributed by atoms with Crippen LogP contribution >= 0.6 is 29.7 Å². The van der Waals surface area contributed by atoms with Gasteiger partial charge in [0.05, 0.1) is 58.6 Å². The molecule has 0 amide bonds. The first kappa shape index (κ1) is 34.2. The molecule has 7 rings (SSSR count). The summed E-state index contributed by atoms with van der Waals surface area (Å²) in [4.78, 5) is 0. The van der Waals surface area contributed by atoms with E-state index in [0.29, 0.717) is 0 Å². The Bertz CT molecular complexity index is 1260. The molecule has 6 heteroatoms. The van der Waals surface area contributed by atoms with Gasteiger partial charge in [0, 0.05) is 0 Å². The monoisotopic (exact) mass is 698 g/mol. The lowest BCUT2D eigenvalue weighted by atomic mass is 10.1. The van der Waals surface area contributed by atoms with Crippen molar-refractivity contribution >= 4 is 41.0 Å². The van der Waals surface area contributed by atoms with Crippen LogP contribution in [0.4, 0.5) is 11.4 Å². The van der Waals surface area contributed by atoms with E-state index in [1.807, 2.05) is 0 Å². The highest BCUT2D eigenvalue weighted by Crippen LogP contribution is 2.95. The maximum Gasteiger partial charge on any atom is 0.153 e. The summed E-state index contributed by atoms with van der Waals surface area (Å²) in [6.07, 6.45) is 14.5. The Morgan fingerprint density at radius 3 is 1.11 bits per heavy atom. The number of hydrogen-bond donors (Lipinski definition) is 0. The smallest absolute Gasteiger partial charge is 0.135 e. The molecule has 5 saturated heterocycles. The van der Waals surface area contributed by atoms with E-state index in [2.05, 4.69) is 126 Å². The van der Waals surface area contributed by atoms with Gasteiger partial charge in [-0.05, 0) is 142 Å². The maximum atomic E-state index is 3.29. The molecular weight excluding hydrogens is 632 g/mol. The van der Waals surface area contributed by atoms with E-state index >= 15 is 0 Å². The molecule has 0 aliphatic carbocycles. The van der Waals surface area contributed by atoms with Crippen molar-refractivity contribution in [1.82, 2.24) is 0 Å². The zero-order valence-electron chi connectivity index (χ0n) is 31.0. The lowest BCUT2D eigenvalue weighted by Crippen LogP contribution is -2.35. The quantitative estimate of drug-likeness (QED) is 0.287. The molecule has 2 spiro atoms. The Labute approximate surface area is 286 Å². The molecule has 0 saturated carbocycles. The lowest BCUT2D eigenvalue weighted by Gasteiger charge is -2.45. The fraction of sp³-hybridized carbons (Fsp3) is 0.700. The van der Waals surface area contributed by atoms with Gasteiger partial charge in [0.25, 0.3) is 0 Å². The van der Waals surface area contributed by atoms with Gasteiger partial charge in [0.1, 0.15) is 38.5 Å². The summed E-state index contributed by atoms with van der Waals surface area (Å²) < 4.78 is 6.48. The van der Waals surface area contributed by atoms with Crippen molar-refractivity contribution < 1.29 is 0 Å². The van der Waals surface area contributed by atoms with Gasteiger partial charge in [0.15, 0.2) is 14.8 Å². The SMILES string of the molecule is C[C@H]1CC[C@H](C)[P+]1(C)N(c1ccc(-c2ccc(N3[P+]4(CC[P+]35[C@@H](C)CC[C@@H]5C)[C@@H](C)CC[C@@H]4C)cc2)cc1)[P+]1(C)[C@@H](C)CC[C@@H]1C. The summed E-state index contributed by atoms with van der Waals surface area (Å²) in [5.41, 5.74) is 12.9. The number of hydrogen-bond acceptors (Lipinski definition) is 2. The Kier molecular flexibility index (Phi) is 9.09. The van der Waals surface area contributed by atoms with E-state index in [9.17, 15) is 0 Å². The van der Waals surface area contributed by atoms with E-state index in [1.54, 1.807) is 5.69 Å². The van der Waals surface area contributed by atoms with Crippen LogP contribution in [0.2, 0.25) is 0 Å². The molecule has 5 aliphatic heterocycles. The van der Waals surface area contributed by atoms with Crippen LogP contribution in [0.25, 0.3) is 11.1 Å². The molecule has 0 unspecified atom stereocenters. The molecule has 5 aliphatic rings. The van der Waals surface area contributed by atoms with E-state index < -0.39 is 29.7 Å². The molecule has 5 fully saturated rings. The van der Waals surface area contributed by atoms with Crippen LogP contribution in [-0.2, 0) is 0 Å². The number of anilines is 2. The van der Waals surface area contributed by atoms with Gasteiger partial charge in [-0.3, -0.25) is 0 Å². The molecule has 46 heavy (non-hydrogen) atoms. The third-order valence-corrected chi connectivity index (χ3v) is 41.3. The maximum absolute atomic E-state index is 3.29. The molecule has 2 aromatic rings. The largest absolute Gasteiger partial charge is 0.153 e. The van der Waals surface area contributed by atoms with Gasteiger partial charge in [-0.25, -0.2) is 0 Å². The zero-order valence-corrected chi connectivity index (χ0v) is 34.6. The molecule has 252 valence electrons. The van der Waals surface area contributed by atoms with Gasteiger partial charge in [-0.1, -0.05) is 24.3 Å². The number of benzene rings is 2. The minimum Gasteiger partial charge on any atom is -0.135 e. The predicted molar refractivity (Wildman–Crippen MR) is 219 cm³/mol. The summed E-state index contributed by atoms with van der Waals surface area (Å²) in [6.45, 7) is 26.4. The van der Waals surface area contributed by atoms with Gasteiger partial charge in [0.2, 0.25) is 0 Å². The summed E-state index contributed by atoms with van der Waals surface area (Å²) in [5, 5.41) is 0. The second-order valence-corrected chi connectivity index (χ2v) is 35.3. The Morgan fingerprint density at radius 1 is 0.457 bits per heavy atom. The van der Waals surface area contributed by atoms with Crippen LogP contribution in [0.3, 0.4) is 0 Å². The topological polar surface area (TPSA) is 6.48 Å².